The molecule has 1 rings (SSSR count). The van der Waals surface area contributed by atoms with Crippen molar-refractivity contribution in [2.45, 2.75) is 32.8 Å². The maximum absolute atomic E-state index is 11.4. The summed E-state index contributed by atoms with van der Waals surface area (Å²) in [7, 11) is 0. The fraction of sp³-hybridized carbons (Fsp3) is 0.438. The molecule has 0 atom stereocenters. The summed E-state index contributed by atoms with van der Waals surface area (Å²) >= 11 is 0. The quantitative estimate of drug-likeness (QED) is 0.582. The summed E-state index contributed by atoms with van der Waals surface area (Å²) in [6.45, 7) is 6.45. The van der Waals surface area contributed by atoms with Crippen LogP contribution in [0.3, 0.4) is 0 Å². The molecule has 0 aliphatic carbocycles. The Bertz CT molecular complexity index is 402. The zero-order valence-electron chi connectivity index (χ0n) is 11.9. The van der Waals surface area contributed by atoms with Crippen molar-refractivity contribution in [2.75, 3.05) is 13.2 Å². The van der Waals surface area contributed by atoms with Gasteiger partial charge in [0.1, 0.15) is 5.60 Å². The Hall–Kier alpha value is -1.61. The monoisotopic (exact) mass is 262 g/mol. The standard InChI is InChI=1S/C16H22O3/c1-16(2,3)19-15(17)11-13-18-12-7-10-14-8-5-4-6-9-14/h4-10H,11-13H2,1-3H3/b10-7+. The average Bonchev–Trinajstić information content (AvgIpc) is 2.32. The molecule has 1 aromatic carbocycles. The average molecular weight is 262 g/mol. The molecule has 19 heavy (non-hydrogen) atoms. The van der Waals surface area contributed by atoms with Gasteiger partial charge in [-0.3, -0.25) is 4.79 Å². The van der Waals surface area contributed by atoms with Gasteiger partial charge in [-0.15, -0.1) is 0 Å². The molecule has 0 saturated carbocycles. The lowest BCUT2D eigenvalue weighted by molar-refractivity contribution is -0.155. The first-order chi connectivity index (χ1) is 8.97. The van der Waals surface area contributed by atoms with Crippen molar-refractivity contribution in [3.8, 4) is 0 Å². The van der Waals surface area contributed by atoms with E-state index in [9.17, 15) is 4.79 Å². The molecule has 0 amide bonds. The van der Waals surface area contributed by atoms with Crippen molar-refractivity contribution in [3.63, 3.8) is 0 Å². The fourth-order valence-corrected chi connectivity index (χ4v) is 1.45. The van der Waals surface area contributed by atoms with Crippen molar-refractivity contribution < 1.29 is 14.3 Å². The number of benzene rings is 1. The van der Waals surface area contributed by atoms with Crippen molar-refractivity contribution in [1.29, 1.82) is 0 Å². The second-order valence-electron chi connectivity index (χ2n) is 5.22. The summed E-state index contributed by atoms with van der Waals surface area (Å²) in [4.78, 5) is 11.4. The first kappa shape index (κ1) is 15.4. The van der Waals surface area contributed by atoms with Gasteiger partial charge in [0.05, 0.1) is 19.6 Å². The molecular weight excluding hydrogens is 240 g/mol. The number of hydrogen-bond donors (Lipinski definition) is 0. The van der Waals surface area contributed by atoms with E-state index in [4.69, 9.17) is 9.47 Å². The topological polar surface area (TPSA) is 35.5 Å². The highest BCUT2D eigenvalue weighted by molar-refractivity contribution is 5.69. The van der Waals surface area contributed by atoms with Crippen LogP contribution in [0.15, 0.2) is 36.4 Å². The van der Waals surface area contributed by atoms with Gasteiger partial charge in [0, 0.05) is 0 Å². The maximum Gasteiger partial charge on any atom is 0.308 e. The van der Waals surface area contributed by atoms with Gasteiger partial charge in [-0.05, 0) is 26.3 Å². The third-order valence-electron chi connectivity index (χ3n) is 2.19. The highest BCUT2D eigenvalue weighted by atomic mass is 16.6. The first-order valence-corrected chi connectivity index (χ1v) is 6.48. The third-order valence-corrected chi connectivity index (χ3v) is 2.19. The van der Waals surface area contributed by atoms with E-state index in [1.165, 1.54) is 0 Å². The minimum absolute atomic E-state index is 0.223. The largest absolute Gasteiger partial charge is 0.460 e. The van der Waals surface area contributed by atoms with Crippen LogP contribution in [0.2, 0.25) is 0 Å². The van der Waals surface area contributed by atoms with Crippen molar-refractivity contribution in [3.05, 3.63) is 42.0 Å². The van der Waals surface area contributed by atoms with Gasteiger partial charge in [-0.1, -0.05) is 42.5 Å². The zero-order chi connectivity index (χ0) is 14.1. The Labute approximate surface area is 115 Å². The minimum atomic E-state index is -0.426. The molecule has 0 unspecified atom stereocenters. The Morgan fingerprint density at radius 3 is 2.53 bits per heavy atom. The summed E-state index contributed by atoms with van der Waals surface area (Å²) in [5, 5.41) is 0. The zero-order valence-corrected chi connectivity index (χ0v) is 11.9. The van der Waals surface area contributed by atoms with Gasteiger partial charge < -0.3 is 9.47 Å². The SMILES string of the molecule is CC(C)(C)OC(=O)CCOC/C=C/c1ccccc1. The van der Waals surface area contributed by atoms with E-state index in [0.29, 0.717) is 13.2 Å². The number of hydrogen-bond acceptors (Lipinski definition) is 3. The van der Waals surface area contributed by atoms with Crippen molar-refractivity contribution in [2.24, 2.45) is 0 Å². The van der Waals surface area contributed by atoms with Gasteiger partial charge >= 0.3 is 5.97 Å². The van der Waals surface area contributed by atoms with Crippen LogP contribution in [0.1, 0.15) is 32.8 Å². The van der Waals surface area contributed by atoms with E-state index in [0.717, 1.165) is 5.56 Å². The highest BCUT2D eigenvalue weighted by Gasteiger charge is 2.15. The lowest BCUT2D eigenvalue weighted by Gasteiger charge is -2.19. The van der Waals surface area contributed by atoms with Crippen LogP contribution < -0.4 is 0 Å². The maximum atomic E-state index is 11.4. The molecule has 0 aliphatic heterocycles. The molecule has 0 saturated heterocycles. The Balaban J connectivity index is 2.12. The Kier molecular flexibility index (Phi) is 6.30. The number of rotatable bonds is 6. The van der Waals surface area contributed by atoms with E-state index in [1.807, 2.05) is 63.3 Å². The number of carbonyl (C=O) groups is 1. The Morgan fingerprint density at radius 1 is 1.21 bits per heavy atom. The first-order valence-electron chi connectivity index (χ1n) is 6.48. The fourth-order valence-electron chi connectivity index (χ4n) is 1.45. The van der Waals surface area contributed by atoms with Crippen LogP contribution in [-0.2, 0) is 14.3 Å². The van der Waals surface area contributed by atoms with Gasteiger partial charge in [-0.2, -0.15) is 0 Å². The molecule has 0 N–H and O–H groups in total. The predicted molar refractivity (Wildman–Crippen MR) is 76.8 cm³/mol. The Morgan fingerprint density at radius 2 is 1.89 bits per heavy atom. The molecule has 3 nitrogen and oxygen atoms in total. The van der Waals surface area contributed by atoms with Crippen LogP contribution in [-0.4, -0.2) is 24.8 Å². The minimum Gasteiger partial charge on any atom is -0.460 e. The van der Waals surface area contributed by atoms with Crippen molar-refractivity contribution >= 4 is 12.0 Å². The molecule has 1 aromatic rings. The van der Waals surface area contributed by atoms with Crippen LogP contribution in [0.4, 0.5) is 0 Å². The van der Waals surface area contributed by atoms with E-state index >= 15 is 0 Å². The molecule has 0 fully saturated rings. The second kappa shape index (κ2) is 7.74. The summed E-state index contributed by atoms with van der Waals surface area (Å²) in [6.07, 6.45) is 4.22. The van der Waals surface area contributed by atoms with E-state index in [2.05, 4.69) is 0 Å². The van der Waals surface area contributed by atoms with Gasteiger partial charge in [0.15, 0.2) is 0 Å². The van der Waals surface area contributed by atoms with Crippen molar-refractivity contribution in [1.82, 2.24) is 0 Å². The second-order valence-corrected chi connectivity index (χ2v) is 5.22. The summed E-state index contributed by atoms with van der Waals surface area (Å²) in [6, 6.07) is 10.0. The van der Waals surface area contributed by atoms with E-state index < -0.39 is 5.60 Å². The number of esters is 1. The molecule has 0 spiro atoms. The lowest BCUT2D eigenvalue weighted by atomic mass is 10.2. The van der Waals surface area contributed by atoms with Gasteiger partial charge in [0.2, 0.25) is 0 Å². The summed E-state index contributed by atoms with van der Waals surface area (Å²) in [5.74, 6) is -0.223. The molecule has 0 aromatic heterocycles. The van der Waals surface area contributed by atoms with Crippen LogP contribution in [0, 0.1) is 0 Å². The number of ether oxygens (including phenoxy) is 2. The molecule has 0 bridgehead atoms. The third kappa shape index (κ3) is 8.16. The molecule has 104 valence electrons. The summed E-state index contributed by atoms with van der Waals surface area (Å²) in [5.41, 5.74) is 0.711. The van der Waals surface area contributed by atoms with Gasteiger partial charge in [0.25, 0.3) is 0 Å². The van der Waals surface area contributed by atoms with Crippen LogP contribution in [0.5, 0.6) is 0 Å². The summed E-state index contributed by atoms with van der Waals surface area (Å²) < 4.78 is 10.5. The molecule has 3 heteroatoms. The normalized spacial score (nSPS) is 11.7. The molecule has 0 radical (unpaired) electrons. The molecule has 0 heterocycles. The smallest absolute Gasteiger partial charge is 0.308 e. The number of carbonyl (C=O) groups excluding carboxylic acids is 1. The van der Waals surface area contributed by atoms with E-state index in [1.54, 1.807) is 0 Å². The predicted octanol–water partition coefficient (Wildman–Crippen LogP) is 3.45. The van der Waals surface area contributed by atoms with Crippen LogP contribution >= 0.6 is 0 Å². The van der Waals surface area contributed by atoms with Crippen LogP contribution in [0.25, 0.3) is 6.08 Å². The molecule has 0 aliphatic rings. The van der Waals surface area contributed by atoms with Gasteiger partial charge in [-0.25, -0.2) is 0 Å². The highest BCUT2D eigenvalue weighted by Crippen LogP contribution is 2.08. The lowest BCUT2D eigenvalue weighted by Crippen LogP contribution is -2.24. The van der Waals surface area contributed by atoms with E-state index in [-0.39, 0.29) is 12.4 Å². The molecular formula is C16H22O3.